The maximum absolute atomic E-state index is 12.5. The van der Waals surface area contributed by atoms with Crippen molar-refractivity contribution < 1.29 is 17.4 Å². The molecule has 1 atom stereocenters. The number of furan rings is 1. The highest BCUT2D eigenvalue weighted by Gasteiger charge is 2.12. The Kier molecular flexibility index (Phi) is 3.91. The average molecular weight is 270 g/mol. The van der Waals surface area contributed by atoms with Crippen LogP contribution in [0.5, 0.6) is 0 Å². The van der Waals surface area contributed by atoms with Crippen LogP contribution in [0.1, 0.15) is 23.3 Å². The molecule has 96 valence electrons. The van der Waals surface area contributed by atoms with Gasteiger partial charge >= 0.3 is 0 Å². The van der Waals surface area contributed by atoms with Gasteiger partial charge in [-0.2, -0.15) is 0 Å². The Bertz CT molecular complexity index is 564. The number of hydrogen-bond donors (Lipinski definition) is 0. The van der Waals surface area contributed by atoms with E-state index in [0.717, 1.165) is 0 Å². The Balaban J connectivity index is 2.17. The minimum absolute atomic E-state index is 0.0478. The van der Waals surface area contributed by atoms with Gasteiger partial charge in [-0.15, -0.1) is 0 Å². The van der Waals surface area contributed by atoms with Crippen molar-refractivity contribution in [1.82, 2.24) is 0 Å². The van der Waals surface area contributed by atoms with Gasteiger partial charge in [0.05, 0.1) is 27.7 Å². The first-order valence-corrected chi connectivity index (χ1v) is 6.69. The molecule has 0 fully saturated rings. The molecule has 2 nitrogen and oxygen atoms in total. The van der Waals surface area contributed by atoms with Crippen LogP contribution in [0, 0.1) is 6.92 Å². The van der Waals surface area contributed by atoms with E-state index in [1.54, 1.807) is 25.1 Å². The second kappa shape index (κ2) is 5.44. The van der Waals surface area contributed by atoms with Crippen molar-refractivity contribution in [2.75, 3.05) is 0 Å². The molecule has 0 aliphatic carbocycles. The third-order valence-corrected chi connectivity index (χ3v) is 4.07. The van der Waals surface area contributed by atoms with E-state index in [2.05, 4.69) is 0 Å². The topological polar surface area (TPSA) is 30.2 Å². The van der Waals surface area contributed by atoms with Gasteiger partial charge in [0.15, 0.2) is 0 Å². The summed E-state index contributed by atoms with van der Waals surface area (Å²) in [6, 6.07) is 7.63. The third-order valence-electron chi connectivity index (χ3n) is 2.56. The lowest BCUT2D eigenvalue weighted by molar-refractivity contribution is 0.151. The van der Waals surface area contributed by atoms with Gasteiger partial charge in [-0.25, -0.2) is 8.78 Å². The van der Waals surface area contributed by atoms with E-state index in [9.17, 15) is 13.0 Å². The summed E-state index contributed by atoms with van der Waals surface area (Å²) in [5.74, 6) is 0.805. The number of aryl methyl sites for hydroxylation is 1. The first kappa shape index (κ1) is 13.0. The molecule has 0 aliphatic rings. The Morgan fingerprint density at radius 3 is 2.72 bits per heavy atom. The van der Waals surface area contributed by atoms with E-state index in [1.165, 1.54) is 18.4 Å². The highest BCUT2D eigenvalue weighted by Crippen LogP contribution is 2.22. The summed E-state index contributed by atoms with van der Waals surface area (Å²) in [6.07, 6.45) is -1.04. The van der Waals surface area contributed by atoms with Crippen LogP contribution in [0.4, 0.5) is 8.78 Å². The number of rotatable bonds is 4. The van der Waals surface area contributed by atoms with Crippen molar-refractivity contribution in [3.63, 3.8) is 0 Å². The highest BCUT2D eigenvalue weighted by molar-refractivity contribution is 7.84. The lowest BCUT2D eigenvalue weighted by Crippen LogP contribution is -1.97. The molecule has 0 aliphatic heterocycles. The van der Waals surface area contributed by atoms with E-state index >= 15 is 0 Å². The van der Waals surface area contributed by atoms with Gasteiger partial charge in [0.1, 0.15) is 5.76 Å². The van der Waals surface area contributed by atoms with Crippen LogP contribution < -0.4 is 0 Å². The van der Waals surface area contributed by atoms with Crippen molar-refractivity contribution >= 4 is 10.8 Å². The first-order valence-electron chi connectivity index (χ1n) is 5.37. The summed E-state index contributed by atoms with van der Waals surface area (Å²) >= 11 is 0. The molecule has 0 amide bonds. The Labute approximate surface area is 106 Å². The molecule has 5 heteroatoms. The fraction of sp³-hybridized carbons (Fsp3) is 0.231. The van der Waals surface area contributed by atoms with Gasteiger partial charge in [-0.1, -0.05) is 18.2 Å². The summed E-state index contributed by atoms with van der Waals surface area (Å²) in [5, 5.41) is 0. The Hall–Kier alpha value is -1.49. The van der Waals surface area contributed by atoms with E-state index in [1.807, 2.05) is 0 Å². The second-order valence-corrected chi connectivity index (χ2v) is 5.30. The van der Waals surface area contributed by atoms with Crippen molar-refractivity contribution in [3.05, 3.63) is 53.5 Å². The van der Waals surface area contributed by atoms with E-state index < -0.39 is 17.2 Å². The molecule has 0 saturated heterocycles. The summed E-state index contributed by atoms with van der Waals surface area (Å²) in [4.78, 5) is 0.609. The highest BCUT2D eigenvalue weighted by atomic mass is 32.2. The van der Waals surface area contributed by atoms with E-state index in [0.29, 0.717) is 16.2 Å². The third kappa shape index (κ3) is 2.85. The van der Waals surface area contributed by atoms with Crippen molar-refractivity contribution in [2.24, 2.45) is 0 Å². The molecule has 18 heavy (non-hydrogen) atoms. The first-order chi connectivity index (χ1) is 8.58. The van der Waals surface area contributed by atoms with Crippen LogP contribution in [-0.2, 0) is 16.6 Å². The molecule has 2 rings (SSSR count). The van der Waals surface area contributed by atoms with Crippen LogP contribution in [0.3, 0.4) is 0 Å². The molecule has 0 radical (unpaired) electrons. The van der Waals surface area contributed by atoms with Crippen molar-refractivity contribution in [3.8, 4) is 0 Å². The summed E-state index contributed by atoms with van der Waals surface area (Å²) in [5.41, 5.74) is 0.583. The molecule has 1 aromatic carbocycles. The molecule has 1 unspecified atom stereocenters. The van der Waals surface area contributed by atoms with Crippen LogP contribution in [-0.4, -0.2) is 4.21 Å². The average Bonchev–Trinajstić information content (AvgIpc) is 2.76. The van der Waals surface area contributed by atoms with E-state index in [-0.39, 0.29) is 11.3 Å². The van der Waals surface area contributed by atoms with E-state index in [4.69, 9.17) is 4.42 Å². The molecular formula is C13H12F2O2S. The minimum Gasteiger partial charge on any atom is -0.468 e. The van der Waals surface area contributed by atoms with Crippen LogP contribution >= 0.6 is 0 Å². The van der Waals surface area contributed by atoms with Crippen LogP contribution in [0.2, 0.25) is 0 Å². The quantitative estimate of drug-likeness (QED) is 0.845. The lowest BCUT2D eigenvalue weighted by atomic mass is 10.1. The second-order valence-electron chi connectivity index (χ2n) is 3.88. The molecule has 1 heterocycles. The summed E-state index contributed by atoms with van der Waals surface area (Å²) < 4.78 is 42.2. The molecule has 0 spiro atoms. The fourth-order valence-corrected chi connectivity index (χ4v) is 2.87. The number of alkyl halides is 2. The van der Waals surface area contributed by atoms with Crippen LogP contribution in [0.15, 0.2) is 45.9 Å². The largest absolute Gasteiger partial charge is 0.468 e. The molecule has 0 saturated carbocycles. The summed E-state index contributed by atoms with van der Waals surface area (Å²) in [7, 11) is -1.27. The zero-order chi connectivity index (χ0) is 13.1. The number of benzene rings is 1. The monoisotopic (exact) mass is 270 g/mol. The van der Waals surface area contributed by atoms with Gasteiger partial charge in [-0.3, -0.25) is 4.21 Å². The van der Waals surface area contributed by atoms with Crippen molar-refractivity contribution in [1.29, 1.82) is 0 Å². The number of hydrogen-bond acceptors (Lipinski definition) is 2. The minimum atomic E-state index is -2.51. The standard InChI is InChI=1S/C13H12F2O2S/c1-9-12(5-6-17-9)18(16)8-10-3-2-4-11(7-10)13(14)15/h2-7,13H,8H2,1H3. The molecular weight excluding hydrogens is 258 g/mol. The zero-order valence-corrected chi connectivity index (χ0v) is 10.5. The zero-order valence-electron chi connectivity index (χ0n) is 9.73. The lowest BCUT2D eigenvalue weighted by Gasteiger charge is -2.04. The number of halogens is 2. The normalized spacial score (nSPS) is 12.9. The fourth-order valence-electron chi connectivity index (χ4n) is 1.66. The maximum Gasteiger partial charge on any atom is 0.263 e. The predicted molar refractivity (Wildman–Crippen MR) is 65.0 cm³/mol. The molecule has 2 aromatic rings. The smallest absolute Gasteiger partial charge is 0.263 e. The SMILES string of the molecule is Cc1occc1S(=O)Cc1cccc(C(F)F)c1. The van der Waals surface area contributed by atoms with Crippen molar-refractivity contribution in [2.45, 2.75) is 24.0 Å². The Morgan fingerprint density at radius 2 is 2.11 bits per heavy atom. The maximum atomic E-state index is 12.5. The van der Waals surface area contributed by atoms with Gasteiger partial charge in [-0.05, 0) is 24.6 Å². The summed E-state index contributed by atoms with van der Waals surface area (Å²) in [6.45, 7) is 1.73. The van der Waals surface area contributed by atoms with Gasteiger partial charge in [0, 0.05) is 5.56 Å². The van der Waals surface area contributed by atoms with Gasteiger partial charge < -0.3 is 4.42 Å². The molecule has 0 N–H and O–H groups in total. The Morgan fingerprint density at radius 1 is 1.33 bits per heavy atom. The van der Waals surface area contributed by atoms with Gasteiger partial charge in [0.25, 0.3) is 6.43 Å². The predicted octanol–water partition coefficient (Wildman–Crippen LogP) is 3.83. The van der Waals surface area contributed by atoms with Gasteiger partial charge in [0.2, 0.25) is 0 Å². The molecule has 1 aromatic heterocycles. The molecule has 0 bridgehead atoms. The van der Waals surface area contributed by atoms with Crippen LogP contribution in [0.25, 0.3) is 0 Å².